The monoisotopic (exact) mass is 804 g/mol. The first-order chi connectivity index (χ1) is 26.3. The van der Waals surface area contributed by atoms with E-state index < -0.39 is 141 Å². The number of methoxy groups -OCH3 is 1. The van der Waals surface area contributed by atoms with Crippen molar-refractivity contribution < 1.29 is 76.6 Å². The van der Waals surface area contributed by atoms with Gasteiger partial charge in [-0.2, -0.15) is 0 Å². The molecule has 316 valence electrons. The maximum Gasteiger partial charge on any atom is 0.341 e. The summed E-state index contributed by atoms with van der Waals surface area (Å²) in [7, 11) is 1.20. The van der Waals surface area contributed by atoms with Crippen LogP contribution < -0.4 is 0 Å². The van der Waals surface area contributed by atoms with Crippen molar-refractivity contribution in [3.8, 4) is 0 Å². The van der Waals surface area contributed by atoms with Crippen molar-refractivity contribution in [3.63, 3.8) is 0 Å². The average Bonchev–Trinajstić information content (AvgIpc) is 3.89. The second-order valence-corrected chi connectivity index (χ2v) is 18.1. The third-order valence-corrected chi connectivity index (χ3v) is 15.6. The van der Waals surface area contributed by atoms with Crippen molar-refractivity contribution in [2.75, 3.05) is 13.7 Å². The molecule has 2 heterocycles. The molecule has 16 atom stereocenters. The van der Waals surface area contributed by atoms with Crippen LogP contribution in [-0.4, -0.2) is 108 Å². The molecule has 0 aromatic rings. The van der Waals surface area contributed by atoms with E-state index in [1.54, 1.807) is 26.8 Å². The molecule has 6 aliphatic rings. The number of hydrogen-bond acceptors (Lipinski definition) is 16. The highest BCUT2D eigenvalue weighted by molar-refractivity contribution is 5.86. The normalized spacial score (nSPS) is 46.9. The van der Waals surface area contributed by atoms with Gasteiger partial charge < -0.3 is 43.0 Å². The Morgan fingerprint density at radius 2 is 1.39 bits per heavy atom. The zero-order valence-electron chi connectivity index (χ0n) is 34.8. The molecule has 57 heavy (non-hydrogen) atoms. The minimum atomic E-state index is -1.97. The SMILES string of the molecule is COC(=O)[C@@]12O[C@@H]1[C@H](C)C[C@@]1(O)[C@]3(C)CC[C@@]4(C)[C@@H]5C=CC(=O)OC[C@]5([C@H](C)OC(C)=O)[C@@H](OC(C)=O)[C@@H](OC(C)=O)[C@@H]4[C@@]3(C)[C@H](OC(C)=O)[C@H](OC(C)=O)[C@]12C. The molecule has 5 fully saturated rings. The van der Waals surface area contributed by atoms with Crippen LogP contribution in [0.3, 0.4) is 0 Å². The summed E-state index contributed by atoms with van der Waals surface area (Å²) in [5, 5.41) is 13.9. The third kappa shape index (κ3) is 5.33. The number of aliphatic hydroxyl groups is 1. The van der Waals surface area contributed by atoms with Crippen molar-refractivity contribution in [2.24, 2.45) is 44.8 Å². The summed E-state index contributed by atoms with van der Waals surface area (Å²) in [6.07, 6.45) is -4.52. The predicted octanol–water partition coefficient (Wildman–Crippen LogP) is 2.92. The van der Waals surface area contributed by atoms with E-state index in [-0.39, 0.29) is 19.3 Å². The van der Waals surface area contributed by atoms with Gasteiger partial charge in [-0.3, -0.25) is 24.0 Å². The van der Waals surface area contributed by atoms with Crippen LogP contribution in [0.4, 0.5) is 0 Å². The van der Waals surface area contributed by atoms with Gasteiger partial charge in [-0.1, -0.05) is 33.8 Å². The molecule has 16 nitrogen and oxygen atoms in total. The molecule has 4 saturated carbocycles. The highest BCUT2D eigenvalue weighted by atomic mass is 16.7. The molecule has 0 aromatic carbocycles. The topological polar surface area (TPSA) is 217 Å². The lowest BCUT2D eigenvalue weighted by Gasteiger charge is -2.78. The summed E-state index contributed by atoms with van der Waals surface area (Å²) in [6, 6.07) is 0. The quantitative estimate of drug-likeness (QED) is 0.222. The fraction of sp³-hybridized carbons (Fsp3) is 0.780. The molecule has 1 N–H and O–H groups in total. The maximum atomic E-state index is 14.1. The molecule has 0 bridgehead atoms. The second-order valence-electron chi connectivity index (χ2n) is 18.1. The van der Waals surface area contributed by atoms with E-state index in [0.717, 1.165) is 13.8 Å². The minimum Gasteiger partial charge on any atom is -0.467 e. The van der Waals surface area contributed by atoms with Gasteiger partial charge in [0.05, 0.1) is 23.5 Å². The van der Waals surface area contributed by atoms with Crippen LogP contribution in [0.1, 0.15) is 95.4 Å². The molecule has 6 rings (SSSR count). The summed E-state index contributed by atoms with van der Waals surface area (Å²) in [4.78, 5) is 93.4. The van der Waals surface area contributed by atoms with Gasteiger partial charge in [-0.15, -0.1) is 0 Å². The van der Waals surface area contributed by atoms with Crippen LogP contribution in [-0.2, 0) is 71.5 Å². The highest BCUT2D eigenvalue weighted by Gasteiger charge is 2.93. The number of carbonyl (C=O) groups excluding carboxylic acids is 7. The summed E-state index contributed by atoms with van der Waals surface area (Å²) >= 11 is 0. The van der Waals surface area contributed by atoms with E-state index in [1.807, 2.05) is 20.8 Å². The molecule has 2 aliphatic heterocycles. The zero-order valence-corrected chi connectivity index (χ0v) is 34.8. The number of rotatable bonds is 7. The first-order valence-corrected chi connectivity index (χ1v) is 19.5. The van der Waals surface area contributed by atoms with Gasteiger partial charge in [0, 0.05) is 57.4 Å². The minimum absolute atomic E-state index is 0.0394. The Kier molecular flexibility index (Phi) is 10.1. The van der Waals surface area contributed by atoms with Gasteiger partial charge in [0.1, 0.15) is 31.0 Å². The smallest absolute Gasteiger partial charge is 0.341 e. The first kappa shape index (κ1) is 42.6. The number of fused-ring (bicyclic) bond motifs is 9. The maximum absolute atomic E-state index is 14.1. The first-order valence-electron chi connectivity index (χ1n) is 19.5. The van der Waals surface area contributed by atoms with E-state index in [9.17, 15) is 38.7 Å². The molecular weight excluding hydrogens is 748 g/mol. The summed E-state index contributed by atoms with van der Waals surface area (Å²) in [5.41, 5.74) is -11.3. The van der Waals surface area contributed by atoms with Crippen molar-refractivity contribution in [3.05, 3.63) is 12.2 Å². The number of cyclic esters (lactones) is 1. The van der Waals surface area contributed by atoms with Gasteiger partial charge in [-0.05, 0) is 50.4 Å². The van der Waals surface area contributed by atoms with Crippen molar-refractivity contribution in [2.45, 2.75) is 143 Å². The van der Waals surface area contributed by atoms with Gasteiger partial charge in [-0.25, -0.2) is 9.59 Å². The zero-order chi connectivity index (χ0) is 42.6. The predicted molar refractivity (Wildman–Crippen MR) is 193 cm³/mol. The largest absolute Gasteiger partial charge is 0.467 e. The molecule has 0 aromatic heterocycles. The van der Waals surface area contributed by atoms with Gasteiger partial charge >= 0.3 is 41.8 Å². The van der Waals surface area contributed by atoms with E-state index in [0.29, 0.717) is 0 Å². The lowest BCUT2D eigenvalue weighted by Crippen LogP contribution is -2.87. The molecule has 0 unspecified atom stereocenters. The Balaban J connectivity index is 1.75. The van der Waals surface area contributed by atoms with Gasteiger partial charge in [0.25, 0.3) is 0 Å². The molecular formula is C41H56O16. The van der Waals surface area contributed by atoms with E-state index in [2.05, 4.69) is 0 Å². The number of epoxide rings is 1. The number of esters is 7. The second kappa shape index (κ2) is 13.5. The molecule has 0 spiro atoms. The van der Waals surface area contributed by atoms with E-state index in [1.165, 1.54) is 34.0 Å². The molecule has 1 saturated heterocycles. The summed E-state index contributed by atoms with van der Waals surface area (Å²) in [6.45, 7) is 16.0. The van der Waals surface area contributed by atoms with Crippen LogP contribution in [0.2, 0.25) is 0 Å². The van der Waals surface area contributed by atoms with Crippen molar-refractivity contribution in [1.29, 1.82) is 0 Å². The summed E-state index contributed by atoms with van der Waals surface area (Å²) < 4.78 is 48.4. The van der Waals surface area contributed by atoms with Crippen LogP contribution >= 0.6 is 0 Å². The lowest BCUT2D eigenvalue weighted by molar-refractivity contribution is -0.389. The molecule has 16 heteroatoms. The number of ether oxygens (including phenoxy) is 8. The number of carbonyl (C=O) groups is 7. The van der Waals surface area contributed by atoms with Gasteiger partial charge in [0.2, 0.25) is 5.60 Å². The Hall–Kier alpha value is -4.05. The fourth-order valence-electron chi connectivity index (χ4n) is 13.4. The standard InChI is InChI=1S/C41H56O16/c1-19-17-40(49)36(9)16-15-35(8)26-13-14-27(47)51-18-39(26,20(2)52-21(3)42)31(54-23(5)44)28(53-22(4)43)29(35)37(36,10)32(55-24(6)45)33(56-25(7)46)38(40,11)41(30(19)57-41)34(48)50-12/h13-14,19-20,26,28-33,49H,15-18H2,1-12H3/t19-,20+,26+,28+,29+,30-,31+,32-,33+,35+,36-,37+,38-,39-,40-,41+/m1/s1. The third-order valence-electron chi connectivity index (χ3n) is 15.6. The lowest BCUT2D eigenvalue weighted by atomic mass is 9.27. The van der Waals surface area contributed by atoms with Crippen molar-refractivity contribution in [1.82, 2.24) is 0 Å². The number of allylic oxidation sites excluding steroid dienone is 1. The molecule has 0 radical (unpaired) electrons. The van der Waals surface area contributed by atoms with Crippen LogP contribution in [0, 0.1) is 44.8 Å². The van der Waals surface area contributed by atoms with Crippen LogP contribution in [0.25, 0.3) is 0 Å². The molecule has 0 amide bonds. The average molecular weight is 805 g/mol. The van der Waals surface area contributed by atoms with Crippen LogP contribution in [0.15, 0.2) is 12.2 Å². The number of hydrogen-bond donors (Lipinski definition) is 1. The molecule has 4 aliphatic carbocycles. The van der Waals surface area contributed by atoms with Gasteiger partial charge in [0.15, 0.2) is 12.2 Å². The summed E-state index contributed by atoms with van der Waals surface area (Å²) in [5.74, 6) is -7.68. The Morgan fingerprint density at radius 3 is 1.93 bits per heavy atom. The highest BCUT2D eigenvalue weighted by Crippen LogP contribution is 2.82. The Labute approximate surface area is 331 Å². The van der Waals surface area contributed by atoms with Crippen molar-refractivity contribution >= 4 is 41.8 Å². The Morgan fingerprint density at radius 1 is 0.825 bits per heavy atom. The Bertz CT molecular complexity index is 1810. The van der Waals surface area contributed by atoms with E-state index >= 15 is 0 Å². The van der Waals surface area contributed by atoms with E-state index in [4.69, 9.17) is 37.9 Å². The van der Waals surface area contributed by atoms with Crippen LogP contribution in [0.5, 0.6) is 0 Å². The fourth-order valence-corrected chi connectivity index (χ4v) is 13.4.